The highest BCUT2D eigenvalue weighted by atomic mass is 16.5. The van der Waals surface area contributed by atoms with Crippen LogP contribution in [0.4, 0.5) is 0 Å². The molecule has 0 aliphatic rings. The molecule has 0 saturated heterocycles. The molecule has 6 nitrogen and oxygen atoms in total. The van der Waals surface area contributed by atoms with Crippen LogP contribution in [-0.4, -0.2) is 46.9 Å². The highest BCUT2D eigenvalue weighted by Crippen LogP contribution is 2.16. The average molecular weight is 943 g/mol. The van der Waals surface area contributed by atoms with Gasteiger partial charge in [0.25, 0.3) is 0 Å². The molecule has 68 heavy (non-hydrogen) atoms. The zero-order valence-electron chi connectivity index (χ0n) is 43.9. The quantitative estimate of drug-likeness (QED) is 0.0321. The van der Waals surface area contributed by atoms with Gasteiger partial charge in [0.05, 0.1) is 25.2 Å². The van der Waals surface area contributed by atoms with E-state index in [1.54, 1.807) is 6.08 Å². The van der Waals surface area contributed by atoms with Crippen molar-refractivity contribution in [3.63, 3.8) is 0 Å². The summed E-state index contributed by atoms with van der Waals surface area (Å²) in [5, 5.41) is 23.8. The monoisotopic (exact) mass is 942 g/mol. The first-order valence-corrected chi connectivity index (χ1v) is 27.8. The number of carbonyl (C=O) groups excluding carboxylic acids is 2. The molecular formula is C62H103NO5. The second-order valence-electron chi connectivity index (χ2n) is 18.2. The molecule has 6 heteroatoms. The Balaban J connectivity index is 4.74. The van der Waals surface area contributed by atoms with Crippen LogP contribution in [0.5, 0.6) is 0 Å². The van der Waals surface area contributed by atoms with Gasteiger partial charge in [0.15, 0.2) is 0 Å². The van der Waals surface area contributed by atoms with Crippen molar-refractivity contribution >= 4 is 11.9 Å². The number of ether oxygens (including phenoxy) is 1. The smallest absolute Gasteiger partial charge is 0.306 e. The van der Waals surface area contributed by atoms with Crippen LogP contribution >= 0.6 is 0 Å². The topological polar surface area (TPSA) is 95.9 Å². The third kappa shape index (κ3) is 48.7. The van der Waals surface area contributed by atoms with Gasteiger partial charge in [-0.25, -0.2) is 0 Å². The van der Waals surface area contributed by atoms with Gasteiger partial charge in [0.2, 0.25) is 5.91 Å². The van der Waals surface area contributed by atoms with E-state index in [2.05, 4.69) is 135 Å². The third-order valence-corrected chi connectivity index (χ3v) is 11.8. The number of aliphatic hydroxyl groups excluding tert-OH is 2. The summed E-state index contributed by atoms with van der Waals surface area (Å²) in [4.78, 5) is 26.2. The fourth-order valence-corrected chi connectivity index (χ4v) is 7.65. The Labute approximate surface area is 419 Å². The zero-order valence-corrected chi connectivity index (χ0v) is 43.9. The molecule has 0 aliphatic carbocycles. The Morgan fingerprint density at radius 1 is 0.456 bits per heavy atom. The summed E-state index contributed by atoms with van der Waals surface area (Å²) < 4.78 is 5.82. The summed E-state index contributed by atoms with van der Waals surface area (Å²) in [5.74, 6) is -0.675. The minimum Gasteiger partial charge on any atom is -0.458 e. The molecule has 0 fully saturated rings. The Morgan fingerprint density at radius 3 is 1.24 bits per heavy atom. The molecule has 0 spiro atoms. The van der Waals surface area contributed by atoms with E-state index in [0.717, 1.165) is 103 Å². The van der Waals surface area contributed by atoms with Crippen LogP contribution in [0.2, 0.25) is 0 Å². The van der Waals surface area contributed by atoms with Crippen molar-refractivity contribution in [3.8, 4) is 0 Å². The molecular weight excluding hydrogens is 839 g/mol. The van der Waals surface area contributed by atoms with Crippen LogP contribution in [0.25, 0.3) is 0 Å². The van der Waals surface area contributed by atoms with E-state index in [9.17, 15) is 19.8 Å². The molecule has 3 atom stereocenters. The fourth-order valence-electron chi connectivity index (χ4n) is 7.65. The normalized spacial score (nSPS) is 14.1. The van der Waals surface area contributed by atoms with Gasteiger partial charge < -0.3 is 20.3 Å². The number of aliphatic hydroxyl groups is 2. The molecule has 0 aliphatic heterocycles. The molecule has 0 radical (unpaired) electrons. The lowest BCUT2D eigenvalue weighted by Gasteiger charge is -2.23. The summed E-state index contributed by atoms with van der Waals surface area (Å²) in [6.45, 7) is 6.21. The first kappa shape index (κ1) is 64.3. The predicted octanol–water partition coefficient (Wildman–Crippen LogP) is 17.2. The van der Waals surface area contributed by atoms with Crippen molar-refractivity contribution in [2.75, 3.05) is 6.61 Å². The molecule has 0 aromatic carbocycles. The van der Waals surface area contributed by atoms with E-state index in [4.69, 9.17) is 4.74 Å². The van der Waals surface area contributed by atoms with Crippen molar-refractivity contribution < 1.29 is 24.5 Å². The highest BCUT2D eigenvalue weighted by molar-refractivity contribution is 5.78. The number of nitrogens with one attached hydrogen (secondary N) is 1. The molecule has 0 aromatic heterocycles. The van der Waals surface area contributed by atoms with Crippen molar-refractivity contribution in [1.29, 1.82) is 0 Å². The van der Waals surface area contributed by atoms with Crippen molar-refractivity contribution in [1.82, 2.24) is 5.32 Å². The number of rotatable bonds is 48. The molecule has 386 valence electrons. The molecule has 0 saturated carbocycles. The first-order chi connectivity index (χ1) is 33.5. The Hall–Kier alpha value is -3.74. The first-order valence-electron chi connectivity index (χ1n) is 27.8. The van der Waals surface area contributed by atoms with Crippen LogP contribution in [-0.2, 0) is 14.3 Å². The second kappa shape index (κ2) is 54.2. The van der Waals surface area contributed by atoms with Gasteiger partial charge in [-0.05, 0) is 96.0 Å². The summed E-state index contributed by atoms with van der Waals surface area (Å²) >= 11 is 0. The maximum absolute atomic E-state index is 13.2. The molecule has 3 N–H and O–H groups in total. The number of hydrogen-bond donors (Lipinski definition) is 3. The molecule has 0 rings (SSSR count). The van der Waals surface area contributed by atoms with Gasteiger partial charge >= 0.3 is 5.97 Å². The number of esters is 1. The molecule has 3 unspecified atom stereocenters. The third-order valence-electron chi connectivity index (χ3n) is 11.8. The lowest BCUT2D eigenvalue weighted by molar-refractivity contribution is -0.148. The van der Waals surface area contributed by atoms with Crippen molar-refractivity contribution in [2.45, 2.75) is 251 Å². The number of allylic oxidation sites excluding steroid dienone is 19. The number of unbranched alkanes of at least 4 members (excludes halogenated alkanes) is 18. The number of amides is 1. The van der Waals surface area contributed by atoms with E-state index in [1.807, 2.05) is 6.08 Å². The van der Waals surface area contributed by atoms with Gasteiger partial charge in [0.1, 0.15) is 6.10 Å². The number of hydrogen-bond acceptors (Lipinski definition) is 5. The summed E-state index contributed by atoms with van der Waals surface area (Å²) in [5.41, 5.74) is 0. The molecule has 0 aromatic rings. The average Bonchev–Trinajstić information content (AvgIpc) is 3.33. The van der Waals surface area contributed by atoms with Crippen molar-refractivity contribution in [2.24, 2.45) is 0 Å². The maximum atomic E-state index is 13.2. The second-order valence-corrected chi connectivity index (χ2v) is 18.2. The Kier molecular flexibility index (Phi) is 51.2. The van der Waals surface area contributed by atoms with E-state index < -0.39 is 18.2 Å². The number of carbonyl (C=O) groups is 2. The summed E-state index contributed by atoms with van der Waals surface area (Å²) in [7, 11) is 0. The predicted molar refractivity (Wildman–Crippen MR) is 296 cm³/mol. The maximum Gasteiger partial charge on any atom is 0.306 e. The van der Waals surface area contributed by atoms with Crippen LogP contribution in [0, 0.1) is 0 Å². The van der Waals surface area contributed by atoms with Gasteiger partial charge in [0, 0.05) is 6.42 Å². The van der Waals surface area contributed by atoms with Crippen LogP contribution in [0.1, 0.15) is 233 Å². The zero-order chi connectivity index (χ0) is 49.5. The minimum atomic E-state index is -0.833. The fraction of sp³-hybridized carbons (Fsp3) is 0.645. The van der Waals surface area contributed by atoms with Gasteiger partial charge in [-0.2, -0.15) is 0 Å². The van der Waals surface area contributed by atoms with Crippen LogP contribution in [0.3, 0.4) is 0 Å². The van der Waals surface area contributed by atoms with E-state index >= 15 is 0 Å². The van der Waals surface area contributed by atoms with Crippen LogP contribution in [0.15, 0.2) is 122 Å². The standard InChI is InChI=1S/C62H103NO5/c1-4-7-10-13-16-19-22-25-28-30-31-32-34-37-40-43-46-49-52-55-62(67)68-58(53-50-47-44-41-38-35-27-24-21-18-15-12-9-6-3)56-61(66)63-59(57-64)60(65)54-51-48-45-42-39-36-33-29-26-23-20-17-14-11-8-5-2/h7,9-10,12,16,18-19,21,25,27-28,31-32,35,37,40-41,44,50,53,58-60,64-65H,4-6,8,11,13-15,17,20,22-24,26,29-30,33-34,36,38-39,42-43,45-49,51-52,54-57H2,1-3H3,(H,63,66)/b10-7-,12-9+,19-16-,21-18+,28-25-,32-31-,35-27+,40-37-,44-41+,53-50+. The van der Waals surface area contributed by atoms with Crippen molar-refractivity contribution in [3.05, 3.63) is 122 Å². The molecule has 1 amide bonds. The summed E-state index contributed by atoms with van der Waals surface area (Å²) in [6.07, 6.45) is 75.8. The Morgan fingerprint density at radius 2 is 0.824 bits per heavy atom. The largest absolute Gasteiger partial charge is 0.458 e. The minimum absolute atomic E-state index is 0.0667. The lowest BCUT2D eigenvalue weighted by Crippen LogP contribution is -2.46. The highest BCUT2D eigenvalue weighted by Gasteiger charge is 2.23. The van der Waals surface area contributed by atoms with Gasteiger partial charge in [-0.3, -0.25) is 9.59 Å². The Bertz CT molecular complexity index is 1430. The lowest BCUT2D eigenvalue weighted by atomic mass is 10.0. The van der Waals surface area contributed by atoms with Gasteiger partial charge in [-0.1, -0.05) is 245 Å². The van der Waals surface area contributed by atoms with E-state index in [0.29, 0.717) is 19.3 Å². The van der Waals surface area contributed by atoms with Gasteiger partial charge in [-0.15, -0.1) is 0 Å². The molecule has 0 bridgehead atoms. The van der Waals surface area contributed by atoms with Crippen LogP contribution < -0.4 is 5.32 Å². The summed E-state index contributed by atoms with van der Waals surface area (Å²) in [6, 6.07) is -0.758. The SMILES string of the molecule is CC/C=C\C/C=C\C/C=C\C/C=C\C/C=C\CCCCCC(=O)OC(/C=C/C/C=C/C/C=C/C/C=C/C/C=C/CC)CC(=O)NC(CO)C(O)CCCCCCCCCCCCCCCCCC. The van der Waals surface area contributed by atoms with E-state index in [1.165, 1.54) is 83.5 Å². The molecule has 0 heterocycles. The van der Waals surface area contributed by atoms with E-state index in [-0.39, 0.29) is 24.9 Å².